The second-order valence-electron chi connectivity index (χ2n) is 7.00. The number of fused-ring (bicyclic) bond motifs is 1. The molecule has 136 valence electrons. The third kappa shape index (κ3) is 3.86. The van der Waals surface area contributed by atoms with Crippen LogP contribution in [0.4, 0.5) is 11.4 Å². The van der Waals surface area contributed by atoms with Gasteiger partial charge in [-0.15, -0.1) is 0 Å². The Bertz CT molecular complexity index is 969. The van der Waals surface area contributed by atoms with Crippen molar-refractivity contribution in [2.24, 2.45) is 0 Å². The van der Waals surface area contributed by atoms with Gasteiger partial charge in [0.25, 0.3) is 0 Å². The second-order valence-corrected chi connectivity index (χ2v) is 7.00. The van der Waals surface area contributed by atoms with Crippen LogP contribution in [0.15, 0.2) is 54.6 Å². The highest BCUT2D eigenvalue weighted by atomic mass is 15.2. The lowest BCUT2D eigenvalue weighted by Gasteiger charge is -2.34. The van der Waals surface area contributed by atoms with E-state index in [9.17, 15) is 5.26 Å². The zero-order chi connectivity index (χ0) is 18.6. The van der Waals surface area contributed by atoms with Crippen molar-refractivity contribution < 1.29 is 0 Å². The average molecular weight is 357 g/mol. The minimum absolute atomic E-state index is 0.436. The molecule has 4 rings (SSSR count). The first kappa shape index (κ1) is 17.3. The molecule has 3 aromatic rings. The fourth-order valence-electron chi connectivity index (χ4n) is 3.47. The first-order valence-corrected chi connectivity index (χ1v) is 9.29. The zero-order valence-corrected chi connectivity index (χ0v) is 15.5. The Hall–Kier alpha value is -3.10. The molecule has 0 bridgehead atoms. The van der Waals surface area contributed by atoms with Gasteiger partial charge in [0.1, 0.15) is 11.8 Å². The van der Waals surface area contributed by atoms with E-state index < -0.39 is 0 Å². The van der Waals surface area contributed by atoms with Gasteiger partial charge >= 0.3 is 0 Å². The van der Waals surface area contributed by atoms with Crippen molar-refractivity contribution in [3.05, 3.63) is 65.9 Å². The lowest BCUT2D eigenvalue weighted by Crippen LogP contribution is -2.44. The summed E-state index contributed by atoms with van der Waals surface area (Å²) in [4.78, 5) is 9.25. The van der Waals surface area contributed by atoms with E-state index >= 15 is 0 Å². The number of nitrogens with one attached hydrogen (secondary N) is 1. The molecule has 0 aliphatic carbocycles. The number of nitrogens with zero attached hydrogens (tertiary/aromatic N) is 4. The van der Waals surface area contributed by atoms with Crippen LogP contribution >= 0.6 is 0 Å². The quantitative estimate of drug-likeness (QED) is 0.775. The first-order chi connectivity index (χ1) is 13.2. The Morgan fingerprint density at radius 1 is 1.04 bits per heavy atom. The standard InChI is InChI=1S/C22H23N5/c1-26-9-11-27(12-10-26)19-7-8-21-20(14-19)22(13-18(15-23)25-21)24-16-17-5-3-2-4-6-17/h2-8,13-14H,9-12,16H2,1H3,(H,24,25). The van der Waals surface area contributed by atoms with Crippen molar-refractivity contribution in [3.8, 4) is 6.07 Å². The van der Waals surface area contributed by atoms with E-state index in [1.165, 1.54) is 11.3 Å². The summed E-state index contributed by atoms with van der Waals surface area (Å²) in [6.07, 6.45) is 0. The number of hydrogen-bond donors (Lipinski definition) is 1. The van der Waals surface area contributed by atoms with Gasteiger partial charge in [0.05, 0.1) is 5.52 Å². The van der Waals surface area contributed by atoms with E-state index in [2.05, 4.69) is 57.5 Å². The Kier molecular flexibility index (Phi) is 4.91. The molecule has 2 aromatic carbocycles. The molecule has 0 spiro atoms. The maximum atomic E-state index is 9.34. The van der Waals surface area contributed by atoms with E-state index in [1.807, 2.05) is 30.3 Å². The van der Waals surface area contributed by atoms with Crippen LogP contribution in [-0.4, -0.2) is 43.1 Å². The molecule has 0 atom stereocenters. The number of rotatable bonds is 4. The molecule has 1 aliphatic heterocycles. The molecule has 0 saturated carbocycles. The SMILES string of the molecule is CN1CCN(c2ccc3nc(C#N)cc(NCc4ccccc4)c3c2)CC1. The molecule has 1 fully saturated rings. The van der Waals surface area contributed by atoms with E-state index in [0.717, 1.165) is 42.8 Å². The molecular weight excluding hydrogens is 334 g/mol. The summed E-state index contributed by atoms with van der Waals surface area (Å²) >= 11 is 0. The van der Waals surface area contributed by atoms with Crippen LogP contribution in [0.3, 0.4) is 0 Å². The van der Waals surface area contributed by atoms with E-state index in [0.29, 0.717) is 12.2 Å². The molecule has 1 saturated heterocycles. The molecule has 1 aromatic heterocycles. The number of anilines is 2. The number of hydrogen-bond acceptors (Lipinski definition) is 5. The highest BCUT2D eigenvalue weighted by Gasteiger charge is 2.15. The summed E-state index contributed by atoms with van der Waals surface area (Å²) in [5.74, 6) is 0. The van der Waals surface area contributed by atoms with Gasteiger partial charge in [0.15, 0.2) is 0 Å². The zero-order valence-electron chi connectivity index (χ0n) is 15.5. The van der Waals surface area contributed by atoms with Gasteiger partial charge in [-0.2, -0.15) is 5.26 Å². The number of benzene rings is 2. The van der Waals surface area contributed by atoms with Crippen molar-refractivity contribution in [3.63, 3.8) is 0 Å². The molecule has 27 heavy (non-hydrogen) atoms. The summed E-state index contributed by atoms with van der Waals surface area (Å²) in [6.45, 7) is 4.91. The molecule has 0 unspecified atom stereocenters. The Labute approximate surface area is 159 Å². The predicted molar refractivity (Wildman–Crippen MR) is 110 cm³/mol. The van der Waals surface area contributed by atoms with Gasteiger partial charge in [-0.1, -0.05) is 30.3 Å². The van der Waals surface area contributed by atoms with E-state index in [1.54, 1.807) is 0 Å². The van der Waals surface area contributed by atoms with Crippen molar-refractivity contribution in [2.75, 3.05) is 43.4 Å². The number of pyridine rings is 1. The second kappa shape index (κ2) is 7.65. The maximum Gasteiger partial charge on any atom is 0.143 e. The van der Waals surface area contributed by atoms with Crippen molar-refractivity contribution in [1.82, 2.24) is 9.88 Å². The minimum Gasteiger partial charge on any atom is -0.380 e. The van der Waals surface area contributed by atoms with Crippen molar-refractivity contribution >= 4 is 22.3 Å². The molecule has 0 radical (unpaired) electrons. The fraction of sp³-hybridized carbons (Fsp3) is 0.273. The monoisotopic (exact) mass is 357 g/mol. The molecule has 5 nitrogen and oxygen atoms in total. The molecule has 0 amide bonds. The fourth-order valence-corrected chi connectivity index (χ4v) is 3.47. The summed E-state index contributed by atoms with van der Waals surface area (Å²) in [5, 5.41) is 13.9. The maximum absolute atomic E-state index is 9.34. The highest BCUT2D eigenvalue weighted by molar-refractivity contribution is 5.94. The van der Waals surface area contributed by atoms with Gasteiger partial charge in [-0.05, 0) is 36.9 Å². The van der Waals surface area contributed by atoms with E-state index in [-0.39, 0.29) is 0 Å². The smallest absolute Gasteiger partial charge is 0.143 e. The summed E-state index contributed by atoms with van der Waals surface area (Å²) in [6, 6.07) is 20.6. The molecule has 1 aliphatic rings. The van der Waals surface area contributed by atoms with Crippen LogP contribution in [0.1, 0.15) is 11.3 Å². The lowest BCUT2D eigenvalue weighted by atomic mass is 10.1. The number of likely N-dealkylation sites (N-methyl/N-ethyl adjacent to an activating group) is 1. The first-order valence-electron chi connectivity index (χ1n) is 9.29. The summed E-state index contributed by atoms with van der Waals surface area (Å²) in [5.41, 5.74) is 4.66. The van der Waals surface area contributed by atoms with Crippen LogP contribution in [0.2, 0.25) is 0 Å². The van der Waals surface area contributed by atoms with Gasteiger partial charge in [-0.3, -0.25) is 0 Å². The molecular formula is C22H23N5. The van der Waals surface area contributed by atoms with Crippen LogP contribution < -0.4 is 10.2 Å². The Balaban J connectivity index is 1.67. The Morgan fingerprint density at radius 2 is 1.81 bits per heavy atom. The topological polar surface area (TPSA) is 55.2 Å². The molecule has 1 N–H and O–H groups in total. The van der Waals surface area contributed by atoms with Gasteiger partial charge < -0.3 is 15.1 Å². The van der Waals surface area contributed by atoms with Crippen molar-refractivity contribution in [2.45, 2.75) is 6.54 Å². The van der Waals surface area contributed by atoms with Gasteiger partial charge in [0, 0.05) is 49.5 Å². The van der Waals surface area contributed by atoms with Gasteiger partial charge in [0.2, 0.25) is 0 Å². The summed E-state index contributed by atoms with van der Waals surface area (Å²) < 4.78 is 0. The predicted octanol–water partition coefficient (Wildman–Crippen LogP) is 3.47. The average Bonchev–Trinajstić information content (AvgIpc) is 2.72. The number of piperazine rings is 1. The van der Waals surface area contributed by atoms with Crippen LogP contribution in [0.5, 0.6) is 0 Å². The van der Waals surface area contributed by atoms with Gasteiger partial charge in [-0.25, -0.2) is 4.98 Å². The lowest BCUT2D eigenvalue weighted by molar-refractivity contribution is 0.313. The van der Waals surface area contributed by atoms with Crippen LogP contribution in [0.25, 0.3) is 10.9 Å². The number of aromatic nitrogens is 1. The molecule has 2 heterocycles. The minimum atomic E-state index is 0.436. The molecule has 5 heteroatoms. The normalized spacial score (nSPS) is 14.9. The highest BCUT2D eigenvalue weighted by Crippen LogP contribution is 2.29. The number of nitriles is 1. The van der Waals surface area contributed by atoms with Crippen molar-refractivity contribution in [1.29, 1.82) is 5.26 Å². The van der Waals surface area contributed by atoms with Crippen LogP contribution in [-0.2, 0) is 6.54 Å². The van der Waals surface area contributed by atoms with Crippen LogP contribution in [0, 0.1) is 11.3 Å². The third-order valence-corrected chi connectivity index (χ3v) is 5.10. The Morgan fingerprint density at radius 3 is 2.56 bits per heavy atom. The largest absolute Gasteiger partial charge is 0.380 e. The third-order valence-electron chi connectivity index (χ3n) is 5.10. The summed E-state index contributed by atoms with van der Waals surface area (Å²) in [7, 11) is 2.16. The van der Waals surface area contributed by atoms with E-state index in [4.69, 9.17) is 0 Å².